The van der Waals surface area contributed by atoms with Crippen LogP contribution in [0.2, 0.25) is 0 Å². The Morgan fingerprint density at radius 2 is 2.44 bits per heavy atom. The van der Waals surface area contributed by atoms with Gasteiger partial charge in [-0.3, -0.25) is 5.43 Å². The standard InChI is InChI=1S/C6H13FN2/c1-8-9-4-2-3-6(7)5-9/h6,8H,2-5H2,1H3. The third-order valence-corrected chi connectivity index (χ3v) is 1.68. The molecule has 1 aliphatic heterocycles. The Morgan fingerprint density at radius 1 is 1.67 bits per heavy atom. The monoisotopic (exact) mass is 132 g/mol. The summed E-state index contributed by atoms with van der Waals surface area (Å²) in [7, 11) is 1.83. The van der Waals surface area contributed by atoms with E-state index in [4.69, 9.17) is 0 Å². The molecule has 0 aliphatic carbocycles. The van der Waals surface area contributed by atoms with Gasteiger partial charge < -0.3 is 0 Å². The van der Waals surface area contributed by atoms with Crippen LogP contribution in [-0.2, 0) is 0 Å². The van der Waals surface area contributed by atoms with Crippen molar-refractivity contribution in [1.29, 1.82) is 0 Å². The summed E-state index contributed by atoms with van der Waals surface area (Å²) in [6.45, 7) is 1.54. The van der Waals surface area contributed by atoms with Crippen molar-refractivity contribution in [3.8, 4) is 0 Å². The van der Waals surface area contributed by atoms with Gasteiger partial charge in [-0.15, -0.1) is 0 Å². The van der Waals surface area contributed by atoms with Gasteiger partial charge in [0.1, 0.15) is 6.17 Å². The number of nitrogens with zero attached hydrogens (tertiary/aromatic N) is 1. The summed E-state index contributed by atoms with van der Waals surface area (Å²) < 4.78 is 12.5. The first-order valence-electron chi connectivity index (χ1n) is 3.39. The van der Waals surface area contributed by atoms with Gasteiger partial charge in [0.2, 0.25) is 0 Å². The highest BCUT2D eigenvalue weighted by Gasteiger charge is 2.16. The normalized spacial score (nSPS) is 30.7. The predicted molar refractivity (Wildman–Crippen MR) is 34.8 cm³/mol. The van der Waals surface area contributed by atoms with Crippen molar-refractivity contribution in [1.82, 2.24) is 10.4 Å². The van der Waals surface area contributed by atoms with Crippen LogP contribution in [0.15, 0.2) is 0 Å². The van der Waals surface area contributed by atoms with E-state index in [1.807, 2.05) is 12.1 Å². The zero-order valence-electron chi connectivity index (χ0n) is 5.73. The summed E-state index contributed by atoms with van der Waals surface area (Å²) >= 11 is 0. The fourth-order valence-electron chi connectivity index (χ4n) is 1.13. The van der Waals surface area contributed by atoms with Gasteiger partial charge in [-0.2, -0.15) is 0 Å². The molecule has 0 aromatic heterocycles. The quantitative estimate of drug-likeness (QED) is 0.560. The Kier molecular flexibility index (Phi) is 2.42. The van der Waals surface area contributed by atoms with Crippen LogP contribution in [0.3, 0.4) is 0 Å². The minimum absolute atomic E-state index is 0.552. The maximum atomic E-state index is 12.5. The lowest BCUT2D eigenvalue weighted by Gasteiger charge is -2.27. The lowest BCUT2D eigenvalue weighted by molar-refractivity contribution is 0.102. The van der Waals surface area contributed by atoms with Crippen LogP contribution >= 0.6 is 0 Å². The Labute approximate surface area is 55.0 Å². The predicted octanol–water partition coefficient (Wildman–Crippen LogP) is 0.555. The van der Waals surface area contributed by atoms with Crippen LogP contribution in [0.4, 0.5) is 4.39 Å². The number of nitrogens with one attached hydrogen (secondary N) is 1. The van der Waals surface area contributed by atoms with E-state index in [-0.39, 0.29) is 0 Å². The molecular formula is C6H13FN2. The largest absolute Gasteiger partial charge is 0.258 e. The average molecular weight is 132 g/mol. The summed E-state index contributed by atoms with van der Waals surface area (Å²) in [6.07, 6.45) is 1.09. The van der Waals surface area contributed by atoms with Gasteiger partial charge in [-0.05, 0) is 19.9 Å². The van der Waals surface area contributed by atoms with Gasteiger partial charge in [0.15, 0.2) is 0 Å². The summed E-state index contributed by atoms with van der Waals surface area (Å²) in [5.41, 5.74) is 2.93. The van der Waals surface area contributed by atoms with Gasteiger partial charge in [0.25, 0.3) is 0 Å². The van der Waals surface area contributed by atoms with Crippen molar-refractivity contribution in [3.63, 3.8) is 0 Å². The highest BCUT2D eigenvalue weighted by Crippen LogP contribution is 2.09. The highest BCUT2D eigenvalue weighted by molar-refractivity contribution is 4.68. The molecule has 0 aromatic rings. The Balaban J connectivity index is 2.23. The van der Waals surface area contributed by atoms with Crippen LogP contribution in [0.1, 0.15) is 12.8 Å². The second kappa shape index (κ2) is 3.13. The molecule has 0 aromatic carbocycles. The molecule has 54 valence electrons. The molecule has 1 fully saturated rings. The SMILES string of the molecule is CNN1CCCC(F)C1. The van der Waals surface area contributed by atoms with Gasteiger partial charge in [0, 0.05) is 13.1 Å². The fraction of sp³-hybridized carbons (Fsp3) is 1.00. The number of piperidine rings is 1. The van der Waals surface area contributed by atoms with Crippen molar-refractivity contribution < 1.29 is 4.39 Å². The average Bonchev–Trinajstić information content (AvgIpc) is 1.88. The number of alkyl halides is 1. The van der Waals surface area contributed by atoms with Crippen molar-refractivity contribution in [2.24, 2.45) is 0 Å². The minimum Gasteiger partial charge on any atom is -0.258 e. The van der Waals surface area contributed by atoms with Gasteiger partial charge in [-0.25, -0.2) is 9.40 Å². The summed E-state index contributed by atoms with van der Waals surface area (Å²) in [6, 6.07) is 0. The molecule has 1 unspecified atom stereocenters. The third-order valence-electron chi connectivity index (χ3n) is 1.68. The summed E-state index contributed by atoms with van der Waals surface area (Å²) in [5.74, 6) is 0. The second-order valence-electron chi connectivity index (χ2n) is 2.41. The van der Waals surface area contributed by atoms with Crippen molar-refractivity contribution in [3.05, 3.63) is 0 Å². The Bertz CT molecular complexity index is 87.1. The Hall–Kier alpha value is -0.150. The van der Waals surface area contributed by atoms with Crippen molar-refractivity contribution >= 4 is 0 Å². The second-order valence-corrected chi connectivity index (χ2v) is 2.41. The maximum Gasteiger partial charge on any atom is 0.114 e. The molecular weight excluding hydrogens is 119 g/mol. The number of halogens is 1. The van der Waals surface area contributed by atoms with Crippen LogP contribution < -0.4 is 5.43 Å². The number of hydrazine groups is 1. The molecule has 0 spiro atoms. The van der Waals surface area contributed by atoms with E-state index in [1.54, 1.807) is 0 Å². The topological polar surface area (TPSA) is 15.3 Å². The first-order valence-corrected chi connectivity index (χ1v) is 3.39. The fourth-order valence-corrected chi connectivity index (χ4v) is 1.13. The van der Waals surface area contributed by atoms with E-state index in [0.29, 0.717) is 6.54 Å². The highest BCUT2D eigenvalue weighted by atomic mass is 19.1. The molecule has 1 atom stereocenters. The molecule has 0 radical (unpaired) electrons. The van der Waals surface area contributed by atoms with Crippen LogP contribution in [-0.4, -0.2) is 31.3 Å². The van der Waals surface area contributed by atoms with E-state index in [9.17, 15) is 4.39 Å². The minimum atomic E-state index is -0.619. The summed E-state index contributed by atoms with van der Waals surface area (Å²) in [5, 5.41) is 1.91. The zero-order valence-corrected chi connectivity index (χ0v) is 5.73. The van der Waals surface area contributed by atoms with E-state index >= 15 is 0 Å². The number of hydrogen-bond acceptors (Lipinski definition) is 2. The first kappa shape index (κ1) is 6.96. The number of rotatable bonds is 1. The van der Waals surface area contributed by atoms with Crippen molar-refractivity contribution in [2.75, 3.05) is 20.1 Å². The van der Waals surface area contributed by atoms with Gasteiger partial charge in [-0.1, -0.05) is 0 Å². The lowest BCUT2D eigenvalue weighted by Crippen LogP contribution is -2.43. The molecule has 0 saturated carbocycles. The molecule has 2 nitrogen and oxygen atoms in total. The van der Waals surface area contributed by atoms with E-state index in [2.05, 4.69) is 5.43 Å². The summed E-state index contributed by atoms with van der Waals surface area (Å²) in [4.78, 5) is 0. The molecule has 0 amide bonds. The molecule has 1 saturated heterocycles. The van der Waals surface area contributed by atoms with Crippen molar-refractivity contribution in [2.45, 2.75) is 19.0 Å². The zero-order chi connectivity index (χ0) is 6.69. The molecule has 3 heteroatoms. The molecule has 9 heavy (non-hydrogen) atoms. The smallest absolute Gasteiger partial charge is 0.114 e. The third kappa shape index (κ3) is 1.91. The molecule has 1 N–H and O–H groups in total. The molecule has 0 bridgehead atoms. The van der Waals surface area contributed by atoms with E-state index < -0.39 is 6.17 Å². The molecule has 1 aliphatic rings. The maximum absolute atomic E-state index is 12.5. The first-order chi connectivity index (χ1) is 4.33. The van der Waals surface area contributed by atoms with Crippen LogP contribution in [0, 0.1) is 0 Å². The van der Waals surface area contributed by atoms with E-state index in [1.165, 1.54) is 0 Å². The van der Waals surface area contributed by atoms with Crippen LogP contribution in [0.25, 0.3) is 0 Å². The van der Waals surface area contributed by atoms with E-state index in [0.717, 1.165) is 19.4 Å². The van der Waals surface area contributed by atoms with Crippen LogP contribution in [0.5, 0.6) is 0 Å². The molecule has 1 rings (SSSR count). The number of hydrogen-bond donors (Lipinski definition) is 1. The van der Waals surface area contributed by atoms with Gasteiger partial charge in [0.05, 0.1) is 0 Å². The molecule has 1 heterocycles. The van der Waals surface area contributed by atoms with Gasteiger partial charge >= 0.3 is 0 Å². The Morgan fingerprint density at radius 3 is 2.89 bits per heavy atom. The lowest BCUT2D eigenvalue weighted by atomic mass is 10.1.